The van der Waals surface area contributed by atoms with Crippen LogP contribution in [-0.4, -0.2) is 30.2 Å². The van der Waals surface area contributed by atoms with E-state index < -0.39 is 11.9 Å². The molecule has 1 fully saturated rings. The fourth-order valence-electron chi connectivity index (χ4n) is 1.69. The molecule has 1 heterocycles. The van der Waals surface area contributed by atoms with Gasteiger partial charge in [0, 0.05) is 0 Å². The molecular formula is C8H12O3. The molecule has 0 saturated carbocycles. The molecule has 62 valence electrons. The van der Waals surface area contributed by atoms with Gasteiger partial charge in [0.25, 0.3) is 0 Å². The lowest BCUT2D eigenvalue weighted by molar-refractivity contribution is -0.202. The summed E-state index contributed by atoms with van der Waals surface area (Å²) in [6.45, 7) is 5.01. The Hall–Kier alpha value is -0.380. The van der Waals surface area contributed by atoms with Crippen molar-refractivity contribution in [2.45, 2.75) is 25.7 Å². The van der Waals surface area contributed by atoms with Gasteiger partial charge in [0.15, 0.2) is 0 Å². The minimum atomic E-state index is -0.760. The van der Waals surface area contributed by atoms with Crippen LogP contribution in [0.1, 0.15) is 13.8 Å². The Bertz CT molecular complexity index is 213. The highest BCUT2D eigenvalue weighted by molar-refractivity contribution is 5.37. The summed E-state index contributed by atoms with van der Waals surface area (Å²) in [5, 5.41) is 9.53. The predicted molar refractivity (Wildman–Crippen MR) is 39.0 cm³/mol. The molecular weight excluding hydrogens is 144 g/mol. The Balaban J connectivity index is 2.30. The summed E-state index contributed by atoms with van der Waals surface area (Å²) < 4.78 is 10.7. The van der Waals surface area contributed by atoms with Crippen LogP contribution in [0.3, 0.4) is 0 Å². The lowest BCUT2D eigenvalue weighted by Gasteiger charge is -2.43. The van der Waals surface area contributed by atoms with Crippen LogP contribution in [0.2, 0.25) is 0 Å². The van der Waals surface area contributed by atoms with Crippen molar-refractivity contribution in [2.24, 2.45) is 0 Å². The van der Waals surface area contributed by atoms with Crippen molar-refractivity contribution in [3.63, 3.8) is 0 Å². The maximum absolute atomic E-state index is 9.53. The van der Waals surface area contributed by atoms with Crippen molar-refractivity contribution in [3.8, 4) is 0 Å². The monoisotopic (exact) mass is 156 g/mol. The second-order valence-electron chi connectivity index (χ2n) is 3.07. The summed E-state index contributed by atoms with van der Waals surface area (Å²) in [6, 6.07) is 0. The lowest BCUT2D eigenvalue weighted by atomic mass is 9.80. The quantitative estimate of drug-likeness (QED) is 0.517. The third-order valence-electron chi connectivity index (χ3n) is 2.60. The van der Waals surface area contributed by atoms with E-state index in [0.29, 0.717) is 13.2 Å². The van der Waals surface area contributed by atoms with Crippen LogP contribution in [-0.2, 0) is 9.47 Å². The van der Waals surface area contributed by atoms with Crippen LogP contribution in [0.4, 0.5) is 0 Å². The van der Waals surface area contributed by atoms with Crippen LogP contribution in [0.25, 0.3) is 0 Å². The summed E-state index contributed by atoms with van der Waals surface area (Å²) in [5.74, 6) is -0.760. The van der Waals surface area contributed by atoms with Gasteiger partial charge in [-0.05, 0) is 25.0 Å². The SMILES string of the molecule is CC1=C(C)C2(OCCO2)C1O. The van der Waals surface area contributed by atoms with E-state index in [1.54, 1.807) is 0 Å². The van der Waals surface area contributed by atoms with Crippen LogP contribution in [0.5, 0.6) is 0 Å². The second-order valence-corrected chi connectivity index (χ2v) is 3.07. The number of hydrogen-bond acceptors (Lipinski definition) is 3. The predicted octanol–water partition coefficient (Wildman–Crippen LogP) is 0.440. The first kappa shape index (κ1) is 7.28. The molecule has 3 heteroatoms. The molecule has 1 spiro atoms. The Kier molecular flexibility index (Phi) is 1.36. The summed E-state index contributed by atoms with van der Waals surface area (Å²) in [7, 11) is 0. The largest absolute Gasteiger partial charge is 0.383 e. The molecule has 11 heavy (non-hydrogen) atoms. The fraction of sp³-hybridized carbons (Fsp3) is 0.750. The molecule has 0 aromatic carbocycles. The van der Waals surface area contributed by atoms with E-state index >= 15 is 0 Å². The Morgan fingerprint density at radius 3 is 2.36 bits per heavy atom. The maximum Gasteiger partial charge on any atom is 0.221 e. The molecule has 2 rings (SSSR count). The normalized spacial score (nSPS) is 34.6. The van der Waals surface area contributed by atoms with Gasteiger partial charge in [0.05, 0.1) is 13.2 Å². The van der Waals surface area contributed by atoms with Gasteiger partial charge in [-0.25, -0.2) is 0 Å². The van der Waals surface area contributed by atoms with Gasteiger partial charge in [0.1, 0.15) is 6.10 Å². The number of ether oxygens (including phenoxy) is 2. The minimum absolute atomic E-state index is 0.551. The topological polar surface area (TPSA) is 38.7 Å². The van der Waals surface area contributed by atoms with Gasteiger partial charge >= 0.3 is 0 Å². The molecule has 0 radical (unpaired) electrons. The van der Waals surface area contributed by atoms with E-state index in [1.165, 1.54) is 0 Å². The zero-order valence-electron chi connectivity index (χ0n) is 6.76. The number of hydrogen-bond donors (Lipinski definition) is 1. The van der Waals surface area contributed by atoms with Crippen molar-refractivity contribution < 1.29 is 14.6 Å². The molecule has 0 bridgehead atoms. The average molecular weight is 156 g/mol. The highest BCUT2D eigenvalue weighted by Crippen LogP contribution is 2.44. The minimum Gasteiger partial charge on any atom is -0.383 e. The summed E-state index contributed by atoms with van der Waals surface area (Å²) >= 11 is 0. The third kappa shape index (κ3) is 0.682. The maximum atomic E-state index is 9.53. The van der Waals surface area contributed by atoms with E-state index in [2.05, 4.69) is 0 Å². The van der Waals surface area contributed by atoms with Crippen molar-refractivity contribution in [3.05, 3.63) is 11.1 Å². The van der Waals surface area contributed by atoms with Gasteiger partial charge < -0.3 is 14.6 Å². The van der Waals surface area contributed by atoms with Crippen molar-refractivity contribution in [2.75, 3.05) is 13.2 Å². The fourth-order valence-corrected chi connectivity index (χ4v) is 1.69. The Labute approximate surface area is 65.6 Å². The van der Waals surface area contributed by atoms with Crippen molar-refractivity contribution >= 4 is 0 Å². The first-order valence-corrected chi connectivity index (χ1v) is 3.82. The molecule has 0 amide bonds. The Morgan fingerprint density at radius 1 is 1.36 bits per heavy atom. The number of rotatable bonds is 0. The smallest absolute Gasteiger partial charge is 0.221 e. The third-order valence-corrected chi connectivity index (χ3v) is 2.60. The van der Waals surface area contributed by atoms with E-state index in [-0.39, 0.29) is 0 Å². The van der Waals surface area contributed by atoms with Crippen LogP contribution >= 0.6 is 0 Å². The van der Waals surface area contributed by atoms with E-state index in [1.807, 2.05) is 13.8 Å². The van der Waals surface area contributed by atoms with E-state index in [9.17, 15) is 5.11 Å². The van der Waals surface area contributed by atoms with Gasteiger partial charge in [-0.15, -0.1) is 0 Å². The zero-order valence-corrected chi connectivity index (χ0v) is 6.76. The highest BCUT2D eigenvalue weighted by Gasteiger charge is 2.54. The lowest BCUT2D eigenvalue weighted by Crippen LogP contribution is -2.53. The molecule has 1 aliphatic carbocycles. The summed E-state index contributed by atoms with van der Waals surface area (Å²) in [4.78, 5) is 0. The summed E-state index contributed by atoms with van der Waals surface area (Å²) in [5.41, 5.74) is 2.01. The summed E-state index contributed by atoms with van der Waals surface area (Å²) in [6.07, 6.45) is -0.551. The molecule has 0 aromatic heterocycles. The Morgan fingerprint density at radius 2 is 1.91 bits per heavy atom. The molecule has 1 atom stereocenters. The van der Waals surface area contributed by atoms with Gasteiger partial charge in [-0.3, -0.25) is 0 Å². The molecule has 1 unspecified atom stereocenters. The molecule has 1 saturated heterocycles. The molecule has 3 nitrogen and oxygen atoms in total. The first-order chi connectivity index (χ1) is 5.18. The van der Waals surface area contributed by atoms with Crippen LogP contribution in [0.15, 0.2) is 11.1 Å². The van der Waals surface area contributed by atoms with Crippen LogP contribution in [0, 0.1) is 0 Å². The van der Waals surface area contributed by atoms with Crippen molar-refractivity contribution in [1.29, 1.82) is 0 Å². The number of aliphatic hydroxyl groups is 1. The van der Waals surface area contributed by atoms with Crippen LogP contribution < -0.4 is 0 Å². The van der Waals surface area contributed by atoms with E-state index in [4.69, 9.17) is 9.47 Å². The molecule has 0 aromatic rings. The standard InChI is InChI=1S/C8H12O3/c1-5-6(2)8(7(5)9)10-3-4-11-8/h7,9H,3-4H2,1-2H3. The van der Waals surface area contributed by atoms with E-state index in [0.717, 1.165) is 11.1 Å². The highest BCUT2D eigenvalue weighted by atomic mass is 16.7. The van der Waals surface area contributed by atoms with Gasteiger partial charge in [-0.2, -0.15) is 0 Å². The molecule has 1 N–H and O–H groups in total. The molecule has 2 aliphatic rings. The molecule has 1 aliphatic heterocycles. The first-order valence-electron chi connectivity index (χ1n) is 3.82. The second kappa shape index (κ2) is 2.06. The van der Waals surface area contributed by atoms with Crippen molar-refractivity contribution in [1.82, 2.24) is 0 Å². The van der Waals surface area contributed by atoms with Gasteiger partial charge in [-0.1, -0.05) is 0 Å². The number of aliphatic hydroxyl groups excluding tert-OH is 1. The average Bonchev–Trinajstić information content (AvgIpc) is 2.51. The van der Waals surface area contributed by atoms with Gasteiger partial charge in [0.2, 0.25) is 5.79 Å². The zero-order chi connectivity index (χ0) is 8.06.